The van der Waals surface area contributed by atoms with E-state index in [1.54, 1.807) is 0 Å². The minimum absolute atomic E-state index is 0.00872. The normalized spacial score (nSPS) is 20.6. The first-order valence-corrected chi connectivity index (χ1v) is 7.95. The smallest absolute Gasteiger partial charge is 0.220 e. The van der Waals surface area contributed by atoms with Crippen molar-refractivity contribution in [1.82, 2.24) is 5.32 Å². The number of carbonyl (C=O) groups is 1. The van der Waals surface area contributed by atoms with Gasteiger partial charge in [0.15, 0.2) is 0 Å². The van der Waals surface area contributed by atoms with Crippen LogP contribution in [0.1, 0.15) is 32.1 Å². The lowest BCUT2D eigenvalue weighted by Gasteiger charge is -2.22. The van der Waals surface area contributed by atoms with Crippen molar-refractivity contribution in [3.05, 3.63) is 0 Å². The Hall–Kier alpha value is -0.290. The van der Waals surface area contributed by atoms with Crippen LogP contribution in [0.3, 0.4) is 0 Å². The van der Waals surface area contributed by atoms with Gasteiger partial charge in [-0.05, 0) is 25.7 Å². The molecule has 1 rings (SSSR count). The minimum atomic E-state index is -2.84. The first-order chi connectivity index (χ1) is 7.53. The van der Waals surface area contributed by atoms with Gasteiger partial charge in [0, 0.05) is 18.3 Å². The largest absolute Gasteiger partial charge is 0.353 e. The van der Waals surface area contributed by atoms with Gasteiger partial charge >= 0.3 is 0 Å². The van der Waals surface area contributed by atoms with Crippen LogP contribution in [-0.4, -0.2) is 37.8 Å². The molecule has 16 heavy (non-hydrogen) atoms. The maximum Gasteiger partial charge on any atom is 0.220 e. The summed E-state index contributed by atoms with van der Waals surface area (Å²) in [6.07, 6.45) is 3.21. The molecular formula is C10H18ClNO3S. The van der Waals surface area contributed by atoms with Crippen LogP contribution in [0.5, 0.6) is 0 Å². The van der Waals surface area contributed by atoms with E-state index >= 15 is 0 Å². The van der Waals surface area contributed by atoms with Gasteiger partial charge in [0.1, 0.15) is 9.84 Å². The third kappa shape index (κ3) is 5.16. The summed E-state index contributed by atoms with van der Waals surface area (Å²) >= 11 is 5.51. The first kappa shape index (κ1) is 13.8. The Balaban J connectivity index is 2.20. The highest BCUT2D eigenvalue weighted by Gasteiger charge is 2.24. The SMILES string of the molecule is O=C(CCCCCl)NC1CCS(=O)(=O)CC1. The van der Waals surface area contributed by atoms with E-state index in [-0.39, 0.29) is 23.5 Å². The molecule has 0 saturated carbocycles. The second-order valence-electron chi connectivity index (χ2n) is 4.14. The zero-order valence-corrected chi connectivity index (χ0v) is 10.8. The molecule has 0 unspecified atom stereocenters. The third-order valence-corrected chi connectivity index (χ3v) is 4.69. The summed E-state index contributed by atoms with van der Waals surface area (Å²) in [5.74, 6) is 0.975. The summed E-state index contributed by atoms with van der Waals surface area (Å²) < 4.78 is 22.3. The lowest BCUT2D eigenvalue weighted by atomic mass is 10.1. The molecule has 0 radical (unpaired) electrons. The number of carbonyl (C=O) groups excluding carboxylic acids is 1. The number of nitrogens with one attached hydrogen (secondary N) is 1. The van der Waals surface area contributed by atoms with Crippen LogP contribution in [0, 0.1) is 0 Å². The molecule has 6 heteroatoms. The molecule has 1 N–H and O–H groups in total. The van der Waals surface area contributed by atoms with E-state index in [0.717, 1.165) is 12.8 Å². The van der Waals surface area contributed by atoms with Gasteiger partial charge in [-0.15, -0.1) is 11.6 Å². The Kier molecular flexibility index (Phi) is 5.55. The second-order valence-corrected chi connectivity index (χ2v) is 6.82. The molecule has 1 heterocycles. The Labute approximate surface area is 102 Å². The molecule has 0 atom stereocenters. The second kappa shape index (κ2) is 6.45. The van der Waals surface area contributed by atoms with Gasteiger partial charge in [0.2, 0.25) is 5.91 Å². The highest BCUT2D eigenvalue weighted by Crippen LogP contribution is 2.12. The number of halogens is 1. The molecule has 1 amide bonds. The summed E-state index contributed by atoms with van der Waals surface area (Å²) in [5, 5.41) is 2.87. The quantitative estimate of drug-likeness (QED) is 0.599. The van der Waals surface area contributed by atoms with Crippen LogP contribution in [-0.2, 0) is 14.6 Å². The number of unbranched alkanes of at least 4 members (excludes halogenated alkanes) is 1. The van der Waals surface area contributed by atoms with Gasteiger partial charge in [-0.25, -0.2) is 8.42 Å². The molecular weight excluding hydrogens is 250 g/mol. The van der Waals surface area contributed by atoms with E-state index < -0.39 is 9.84 Å². The Morgan fingerprint density at radius 1 is 1.25 bits per heavy atom. The predicted octanol–water partition coefficient (Wildman–Crippen LogP) is 1.09. The van der Waals surface area contributed by atoms with Crippen molar-refractivity contribution >= 4 is 27.3 Å². The molecule has 0 spiro atoms. The molecule has 94 valence electrons. The Morgan fingerprint density at radius 3 is 2.44 bits per heavy atom. The molecule has 0 aliphatic carbocycles. The molecule has 0 aromatic carbocycles. The molecule has 4 nitrogen and oxygen atoms in total. The van der Waals surface area contributed by atoms with E-state index in [0.29, 0.717) is 25.1 Å². The van der Waals surface area contributed by atoms with Crippen molar-refractivity contribution in [2.45, 2.75) is 38.1 Å². The predicted molar refractivity (Wildman–Crippen MR) is 64.4 cm³/mol. The zero-order valence-electron chi connectivity index (χ0n) is 9.25. The van der Waals surface area contributed by atoms with Crippen molar-refractivity contribution in [1.29, 1.82) is 0 Å². The van der Waals surface area contributed by atoms with Crippen molar-refractivity contribution in [2.75, 3.05) is 17.4 Å². The molecule has 0 aromatic heterocycles. The fourth-order valence-corrected chi connectivity index (χ4v) is 3.39. The number of hydrogen-bond acceptors (Lipinski definition) is 3. The zero-order chi connectivity index (χ0) is 12.0. The van der Waals surface area contributed by atoms with Gasteiger partial charge in [-0.3, -0.25) is 4.79 Å². The van der Waals surface area contributed by atoms with E-state index in [9.17, 15) is 13.2 Å². The number of hydrogen-bond donors (Lipinski definition) is 1. The molecule has 1 aliphatic heterocycles. The molecule has 0 aromatic rings. The third-order valence-electron chi connectivity index (χ3n) is 2.71. The first-order valence-electron chi connectivity index (χ1n) is 5.59. The van der Waals surface area contributed by atoms with Crippen molar-refractivity contribution in [2.24, 2.45) is 0 Å². The maximum atomic E-state index is 11.4. The summed E-state index contributed by atoms with van der Waals surface area (Å²) in [6, 6.07) is 0.0343. The van der Waals surface area contributed by atoms with Crippen molar-refractivity contribution in [3.63, 3.8) is 0 Å². The monoisotopic (exact) mass is 267 g/mol. The lowest BCUT2D eigenvalue weighted by molar-refractivity contribution is -0.121. The summed E-state index contributed by atoms with van der Waals surface area (Å²) in [5.41, 5.74) is 0. The van der Waals surface area contributed by atoms with Crippen molar-refractivity contribution in [3.8, 4) is 0 Å². The van der Waals surface area contributed by atoms with Gasteiger partial charge in [0.25, 0.3) is 0 Å². The van der Waals surface area contributed by atoms with Crippen LogP contribution in [0.2, 0.25) is 0 Å². The Bertz CT molecular complexity index is 315. The van der Waals surface area contributed by atoms with E-state index in [1.165, 1.54) is 0 Å². The number of sulfone groups is 1. The maximum absolute atomic E-state index is 11.4. The molecule has 0 bridgehead atoms. The van der Waals surface area contributed by atoms with Gasteiger partial charge in [-0.2, -0.15) is 0 Å². The Morgan fingerprint density at radius 2 is 1.88 bits per heavy atom. The average molecular weight is 268 g/mol. The fraction of sp³-hybridized carbons (Fsp3) is 0.900. The number of amides is 1. The van der Waals surface area contributed by atoms with Gasteiger partial charge in [-0.1, -0.05) is 0 Å². The highest BCUT2D eigenvalue weighted by molar-refractivity contribution is 7.91. The highest BCUT2D eigenvalue weighted by atomic mass is 35.5. The molecule has 1 fully saturated rings. The van der Waals surface area contributed by atoms with Crippen LogP contribution in [0.25, 0.3) is 0 Å². The molecule has 1 saturated heterocycles. The topological polar surface area (TPSA) is 63.2 Å². The van der Waals surface area contributed by atoms with Crippen LogP contribution in [0.15, 0.2) is 0 Å². The number of alkyl halides is 1. The van der Waals surface area contributed by atoms with Gasteiger partial charge < -0.3 is 5.32 Å². The average Bonchev–Trinajstić information content (AvgIpc) is 2.22. The summed E-state index contributed by atoms with van der Waals surface area (Å²) in [7, 11) is -2.84. The van der Waals surface area contributed by atoms with E-state index in [2.05, 4.69) is 5.32 Å². The van der Waals surface area contributed by atoms with E-state index in [1.807, 2.05) is 0 Å². The van der Waals surface area contributed by atoms with Crippen LogP contribution >= 0.6 is 11.6 Å². The van der Waals surface area contributed by atoms with Crippen LogP contribution < -0.4 is 5.32 Å². The lowest BCUT2D eigenvalue weighted by Crippen LogP contribution is -2.40. The van der Waals surface area contributed by atoms with Crippen LogP contribution in [0.4, 0.5) is 0 Å². The van der Waals surface area contributed by atoms with Gasteiger partial charge in [0.05, 0.1) is 11.5 Å². The summed E-state index contributed by atoms with van der Waals surface area (Å²) in [6.45, 7) is 0. The fourth-order valence-electron chi connectivity index (χ4n) is 1.71. The van der Waals surface area contributed by atoms with E-state index in [4.69, 9.17) is 11.6 Å². The number of rotatable bonds is 5. The minimum Gasteiger partial charge on any atom is -0.353 e. The standard InChI is InChI=1S/C10H18ClNO3S/c11-6-2-1-3-10(13)12-9-4-7-16(14,15)8-5-9/h9H,1-8H2,(H,12,13). The molecule has 1 aliphatic rings. The summed E-state index contributed by atoms with van der Waals surface area (Å²) in [4.78, 5) is 11.4. The van der Waals surface area contributed by atoms with Crippen molar-refractivity contribution < 1.29 is 13.2 Å².